The molecule has 1 N–H and O–H groups in total. The van der Waals surface area contributed by atoms with Gasteiger partial charge in [-0.25, -0.2) is 0 Å². The van der Waals surface area contributed by atoms with Gasteiger partial charge in [0.2, 0.25) is 0 Å². The van der Waals surface area contributed by atoms with Crippen LogP contribution in [0.4, 0.5) is 0 Å². The minimum Gasteiger partial charge on any atom is -0.396 e. The molecule has 0 amide bonds. The van der Waals surface area contributed by atoms with Crippen molar-refractivity contribution < 1.29 is 9.84 Å². The molecule has 15 heavy (non-hydrogen) atoms. The van der Waals surface area contributed by atoms with Crippen molar-refractivity contribution in [2.75, 3.05) is 6.61 Å². The van der Waals surface area contributed by atoms with Gasteiger partial charge in [0.1, 0.15) is 0 Å². The smallest absolute Gasteiger partial charge is 0.0605 e. The molecule has 1 saturated heterocycles. The number of hydrogen-bond acceptors (Lipinski definition) is 2. The normalized spacial score (nSPS) is 31.4. The molecule has 1 rings (SSSR count). The average molecular weight is 214 g/mol. The van der Waals surface area contributed by atoms with Crippen LogP contribution < -0.4 is 0 Å². The summed E-state index contributed by atoms with van der Waals surface area (Å²) in [5, 5.41) is 8.87. The van der Waals surface area contributed by atoms with E-state index in [1.54, 1.807) is 0 Å². The molecule has 90 valence electrons. The maximum Gasteiger partial charge on any atom is 0.0605 e. The molecule has 1 fully saturated rings. The molecule has 0 radical (unpaired) electrons. The number of aliphatic hydroxyl groups is 1. The topological polar surface area (TPSA) is 29.5 Å². The van der Waals surface area contributed by atoms with E-state index in [2.05, 4.69) is 20.8 Å². The fraction of sp³-hybridized carbons (Fsp3) is 1.00. The molecule has 0 aliphatic carbocycles. The molecule has 0 saturated carbocycles. The van der Waals surface area contributed by atoms with Gasteiger partial charge in [-0.2, -0.15) is 0 Å². The molecule has 2 heteroatoms. The quantitative estimate of drug-likeness (QED) is 0.736. The van der Waals surface area contributed by atoms with E-state index in [0.29, 0.717) is 18.1 Å². The molecular weight excluding hydrogens is 188 g/mol. The van der Waals surface area contributed by atoms with Crippen LogP contribution in [-0.4, -0.2) is 23.9 Å². The van der Waals surface area contributed by atoms with Crippen molar-refractivity contribution in [1.29, 1.82) is 0 Å². The molecule has 3 unspecified atom stereocenters. The fourth-order valence-electron chi connectivity index (χ4n) is 2.41. The Morgan fingerprint density at radius 1 is 1.33 bits per heavy atom. The van der Waals surface area contributed by atoms with E-state index in [1.807, 2.05) is 0 Å². The maximum absolute atomic E-state index is 8.87. The first-order chi connectivity index (χ1) is 7.13. The summed E-state index contributed by atoms with van der Waals surface area (Å²) in [5.41, 5.74) is 0. The van der Waals surface area contributed by atoms with E-state index in [4.69, 9.17) is 9.84 Å². The summed E-state index contributed by atoms with van der Waals surface area (Å²) < 4.78 is 5.94. The Labute approximate surface area is 94.0 Å². The van der Waals surface area contributed by atoms with Crippen LogP contribution in [0.25, 0.3) is 0 Å². The number of hydrogen-bond donors (Lipinski definition) is 1. The standard InChI is InChI=1S/C13H26O2/c1-10(2)5-4-6-13-11(3)9-12(15-13)7-8-14/h10-14H,4-9H2,1-3H3. The summed E-state index contributed by atoms with van der Waals surface area (Å²) in [6, 6.07) is 0. The molecule has 2 nitrogen and oxygen atoms in total. The Morgan fingerprint density at radius 3 is 2.67 bits per heavy atom. The highest BCUT2D eigenvalue weighted by atomic mass is 16.5. The molecule has 1 aliphatic rings. The molecule has 0 aromatic rings. The van der Waals surface area contributed by atoms with Gasteiger partial charge < -0.3 is 9.84 Å². The van der Waals surface area contributed by atoms with Gasteiger partial charge >= 0.3 is 0 Å². The van der Waals surface area contributed by atoms with E-state index < -0.39 is 0 Å². The van der Waals surface area contributed by atoms with Crippen LogP contribution in [-0.2, 0) is 4.74 Å². The van der Waals surface area contributed by atoms with E-state index >= 15 is 0 Å². The van der Waals surface area contributed by atoms with Crippen molar-refractivity contribution in [3.63, 3.8) is 0 Å². The minimum atomic E-state index is 0.260. The second-order valence-electron chi connectivity index (χ2n) is 5.35. The van der Waals surface area contributed by atoms with E-state index in [-0.39, 0.29) is 6.61 Å². The number of ether oxygens (including phenoxy) is 1. The fourth-order valence-corrected chi connectivity index (χ4v) is 2.41. The summed E-state index contributed by atoms with van der Waals surface area (Å²) in [5.74, 6) is 1.48. The molecule has 1 heterocycles. The molecule has 0 aromatic carbocycles. The van der Waals surface area contributed by atoms with E-state index in [9.17, 15) is 0 Å². The van der Waals surface area contributed by atoms with Crippen molar-refractivity contribution in [3.05, 3.63) is 0 Å². The van der Waals surface area contributed by atoms with E-state index in [1.165, 1.54) is 19.3 Å². The van der Waals surface area contributed by atoms with Crippen LogP contribution in [0.3, 0.4) is 0 Å². The Bertz CT molecular complexity index is 168. The van der Waals surface area contributed by atoms with Crippen molar-refractivity contribution in [2.24, 2.45) is 11.8 Å². The zero-order valence-electron chi connectivity index (χ0n) is 10.4. The summed E-state index contributed by atoms with van der Waals surface area (Å²) in [4.78, 5) is 0. The molecule has 3 atom stereocenters. The Balaban J connectivity index is 2.19. The molecular formula is C13H26O2. The van der Waals surface area contributed by atoms with Gasteiger partial charge in [0.25, 0.3) is 0 Å². The van der Waals surface area contributed by atoms with Gasteiger partial charge in [0, 0.05) is 6.61 Å². The van der Waals surface area contributed by atoms with Gasteiger partial charge in [-0.05, 0) is 31.1 Å². The van der Waals surface area contributed by atoms with Crippen LogP contribution in [0.15, 0.2) is 0 Å². The van der Waals surface area contributed by atoms with Crippen LogP contribution in [0.2, 0.25) is 0 Å². The molecule has 0 aromatic heterocycles. The third kappa shape index (κ3) is 4.52. The van der Waals surface area contributed by atoms with Gasteiger partial charge in [0.05, 0.1) is 12.2 Å². The molecule has 1 aliphatic heterocycles. The number of aliphatic hydroxyl groups excluding tert-OH is 1. The van der Waals surface area contributed by atoms with Crippen LogP contribution in [0.5, 0.6) is 0 Å². The van der Waals surface area contributed by atoms with Gasteiger partial charge in [-0.3, -0.25) is 0 Å². The van der Waals surface area contributed by atoms with E-state index in [0.717, 1.165) is 18.8 Å². The van der Waals surface area contributed by atoms with Crippen LogP contribution in [0.1, 0.15) is 52.9 Å². The highest BCUT2D eigenvalue weighted by molar-refractivity contribution is 4.79. The largest absolute Gasteiger partial charge is 0.396 e. The SMILES string of the molecule is CC(C)CCCC1OC(CCO)CC1C. The summed E-state index contributed by atoms with van der Waals surface area (Å²) >= 11 is 0. The third-order valence-corrected chi connectivity index (χ3v) is 3.36. The summed E-state index contributed by atoms with van der Waals surface area (Å²) in [7, 11) is 0. The third-order valence-electron chi connectivity index (χ3n) is 3.36. The lowest BCUT2D eigenvalue weighted by atomic mass is 9.95. The summed E-state index contributed by atoms with van der Waals surface area (Å²) in [6.45, 7) is 7.08. The van der Waals surface area contributed by atoms with Crippen molar-refractivity contribution in [3.8, 4) is 0 Å². The van der Waals surface area contributed by atoms with Crippen molar-refractivity contribution >= 4 is 0 Å². The van der Waals surface area contributed by atoms with Crippen molar-refractivity contribution in [1.82, 2.24) is 0 Å². The highest BCUT2D eigenvalue weighted by Crippen LogP contribution is 2.31. The first-order valence-electron chi connectivity index (χ1n) is 6.39. The lowest BCUT2D eigenvalue weighted by Crippen LogP contribution is -2.15. The average Bonchev–Trinajstić information content (AvgIpc) is 2.47. The molecule has 0 spiro atoms. The molecule has 0 bridgehead atoms. The Kier molecular flexibility index (Phi) is 5.62. The second-order valence-corrected chi connectivity index (χ2v) is 5.35. The maximum atomic E-state index is 8.87. The predicted molar refractivity (Wildman–Crippen MR) is 62.8 cm³/mol. The zero-order chi connectivity index (χ0) is 11.3. The van der Waals surface area contributed by atoms with Crippen molar-refractivity contribution in [2.45, 2.75) is 65.1 Å². The zero-order valence-corrected chi connectivity index (χ0v) is 10.4. The van der Waals surface area contributed by atoms with Gasteiger partial charge in [0.15, 0.2) is 0 Å². The Morgan fingerprint density at radius 2 is 2.07 bits per heavy atom. The lowest BCUT2D eigenvalue weighted by Gasteiger charge is -2.15. The predicted octanol–water partition coefficient (Wildman–Crippen LogP) is 2.99. The first kappa shape index (κ1) is 13.0. The van der Waals surface area contributed by atoms with Gasteiger partial charge in [-0.1, -0.05) is 33.6 Å². The summed E-state index contributed by atoms with van der Waals surface area (Å²) in [6.07, 6.45) is 6.48. The first-order valence-corrected chi connectivity index (χ1v) is 6.39. The Hall–Kier alpha value is -0.0800. The van der Waals surface area contributed by atoms with Crippen LogP contribution >= 0.6 is 0 Å². The number of rotatable bonds is 6. The lowest BCUT2D eigenvalue weighted by molar-refractivity contribution is 0.0180. The monoisotopic (exact) mass is 214 g/mol. The van der Waals surface area contributed by atoms with Gasteiger partial charge in [-0.15, -0.1) is 0 Å². The van der Waals surface area contributed by atoms with Crippen LogP contribution in [0, 0.1) is 11.8 Å². The minimum absolute atomic E-state index is 0.260. The highest BCUT2D eigenvalue weighted by Gasteiger charge is 2.30. The second kappa shape index (κ2) is 6.49.